The van der Waals surface area contributed by atoms with Crippen molar-refractivity contribution in [3.05, 3.63) is 35.9 Å². The van der Waals surface area contributed by atoms with Crippen molar-refractivity contribution in [3.63, 3.8) is 0 Å². The highest BCUT2D eigenvalue weighted by Gasteiger charge is 2.24. The second kappa shape index (κ2) is 10.5. The lowest BCUT2D eigenvalue weighted by Crippen LogP contribution is -2.44. The standard InChI is InChI=1S/C19H28N6O2.HI/c1-13(27-16-9-7-15(26-4)8-10-16)12-21-19(20-3)23-17-6-5-11-25-18(17)22-14(2)24-25;/h7-10,13,17H,5-6,11-12H2,1-4H3,(H2,20,21,23);1H. The molecular formula is C19H29IN6O2. The van der Waals surface area contributed by atoms with E-state index in [1.54, 1.807) is 14.2 Å². The summed E-state index contributed by atoms with van der Waals surface area (Å²) >= 11 is 0. The number of rotatable bonds is 6. The van der Waals surface area contributed by atoms with E-state index >= 15 is 0 Å². The molecule has 0 aliphatic carbocycles. The second-order valence-corrected chi connectivity index (χ2v) is 6.64. The van der Waals surface area contributed by atoms with Crippen LogP contribution in [0.15, 0.2) is 29.3 Å². The fourth-order valence-corrected chi connectivity index (χ4v) is 3.13. The first-order valence-corrected chi connectivity index (χ1v) is 9.28. The summed E-state index contributed by atoms with van der Waals surface area (Å²) in [6.45, 7) is 5.50. The molecule has 1 aliphatic rings. The molecule has 154 valence electrons. The molecule has 2 aromatic rings. The molecule has 0 spiro atoms. The van der Waals surface area contributed by atoms with Crippen LogP contribution in [0.25, 0.3) is 0 Å². The van der Waals surface area contributed by atoms with Crippen molar-refractivity contribution < 1.29 is 9.47 Å². The second-order valence-electron chi connectivity index (χ2n) is 6.64. The maximum absolute atomic E-state index is 5.93. The molecule has 2 atom stereocenters. The van der Waals surface area contributed by atoms with E-state index in [0.29, 0.717) is 6.54 Å². The number of aliphatic imine (C=N–C) groups is 1. The predicted molar refractivity (Wildman–Crippen MR) is 120 cm³/mol. The molecule has 9 heteroatoms. The highest BCUT2D eigenvalue weighted by atomic mass is 127. The van der Waals surface area contributed by atoms with E-state index in [4.69, 9.17) is 9.47 Å². The molecule has 8 nitrogen and oxygen atoms in total. The quantitative estimate of drug-likeness (QED) is 0.361. The van der Waals surface area contributed by atoms with E-state index in [1.165, 1.54) is 0 Å². The van der Waals surface area contributed by atoms with Gasteiger partial charge >= 0.3 is 0 Å². The zero-order chi connectivity index (χ0) is 19.2. The Morgan fingerprint density at radius 1 is 1.32 bits per heavy atom. The third kappa shape index (κ3) is 5.73. The number of methoxy groups -OCH3 is 1. The van der Waals surface area contributed by atoms with Crippen LogP contribution in [0.5, 0.6) is 11.5 Å². The lowest BCUT2D eigenvalue weighted by Gasteiger charge is -2.25. The van der Waals surface area contributed by atoms with Gasteiger partial charge in [0.2, 0.25) is 0 Å². The molecule has 0 saturated carbocycles. The largest absolute Gasteiger partial charge is 0.497 e. The maximum Gasteiger partial charge on any atom is 0.191 e. The van der Waals surface area contributed by atoms with Crippen LogP contribution in [-0.4, -0.2) is 47.5 Å². The lowest BCUT2D eigenvalue weighted by atomic mass is 10.1. The zero-order valence-corrected chi connectivity index (χ0v) is 19.1. The maximum atomic E-state index is 5.93. The van der Waals surface area contributed by atoms with E-state index in [2.05, 4.69) is 25.7 Å². The molecule has 1 aromatic heterocycles. The first kappa shape index (κ1) is 22.3. The Labute approximate surface area is 183 Å². The van der Waals surface area contributed by atoms with Crippen molar-refractivity contribution in [2.45, 2.75) is 45.4 Å². The summed E-state index contributed by atoms with van der Waals surface area (Å²) in [4.78, 5) is 8.89. The Bertz CT molecular complexity index is 777. The molecule has 2 N–H and O–H groups in total. The predicted octanol–water partition coefficient (Wildman–Crippen LogP) is 2.68. The topological polar surface area (TPSA) is 85.6 Å². The van der Waals surface area contributed by atoms with Gasteiger partial charge in [-0.05, 0) is 51.0 Å². The number of ether oxygens (including phenoxy) is 2. The highest BCUT2D eigenvalue weighted by molar-refractivity contribution is 14.0. The summed E-state index contributed by atoms with van der Waals surface area (Å²) in [5.41, 5.74) is 0. The Hall–Kier alpha value is -2.04. The van der Waals surface area contributed by atoms with Crippen molar-refractivity contribution in [2.75, 3.05) is 20.7 Å². The molecule has 0 bridgehead atoms. The van der Waals surface area contributed by atoms with Gasteiger partial charge in [0.25, 0.3) is 0 Å². The van der Waals surface area contributed by atoms with Crippen LogP contribution < -0.4 is 20.1 Å². The van der Waals surface area contributed by atoms with Gasteiger partial charge in [-0.1, -0.05) is 0 Å². The Balaban J connectivity index is 0.00000280. The van der Waals surface area contributed by atoms with E-state index in [-0.39, 0.29) is 36.1 Å². The number of halogens is 1. The van der Waals surface area contributed by atoms with Crippen LogP contribution in [0.4, 0.5) is 0 Å². The smallest absolute Gasteiger partial charge is 0.191 e. The van der Waals surface area contributed by atoms with Crippen molar-refractivity contribution in [3.8, 4) is 11.5 Å². The Morgan fingerprint density at radius 3 is 2.71 bits per heavy atom. The van der Waals surface area contributed by atoms with Gasteiger partial charge in [0.15, 0.2) is 5.96 Å². The third-order valence-corrected chi connectivity index (χ3v) is 4.47. The fraction of sp³-hybridized carbons (Fsp3) is 0.526. The number of hydrogen-bond acceptors (Lipinski definition) is 5. The third-order valence-electron chi connectivity index (χ3n) is 4.47. The van der Waals surface area contributed by atoms with Crippen molar-refractivity contribution in [1.82, 2.24) is 25.4 Å². The van der Waals surface area contributed by atoms with Crippen LogP contribution in [0.1, 0.15) is 37.5 Å². The van der Waals surface area contributed by atoms with E-state index in [0.717, 1.165) is 48.5 Å². The summed E-state index contributed by atoms with van der Waals surface area (Å²) < 4.78 is 13.1. The number of nitrogens with one attached hydrogen (secondary N) is 2. The van der Waals surface area contributed by atoms with Crippen LogP contribution >= 0.6 is 24.0 Å². The molecule has 0 fully saturated rings. The van der Waals surface area contributed by atoms with Gasteiger partial charge < -0.3 is 20.1 Å². The van der Waals surface area contributed by atoms with Gasteiger partial charge in [0, 0.05) is 13.6 Å². The van der Waals surface area contributed by atoms with Crippen molar-refractivity contribution in [2.24, 2.45) is 4.99 Å². The lowest BCUT2D eigenvalue weighted by molar-refractivity contribution is 0.223. The van der Waals surface area contributed by atoms with E-state index in [9.17, 15) is 0 Å². The number of guanidine groups is 1. The molecule has 0 radical (unpaired) electrons. The SMILES string of the molecule is CN=C(NCC(C)Oc1ccc(OC)cc1)NC1CCCn2nc(C)nc21.I. The van der Waals surface area contributed by atoms with Gasteiger partial charge in [0.05, 0.1) is 19.7 Å². The van der Waals surface area contributed by atoms with Gasteiger partial charge in [-0.3, -0.25) is 4.99 Å². The molecule has 0 saturated heterocycles. The minimum Gasteiger partial charge on any atom is -0.497 e. The molecule has 3 rings (SSSR count). The summed E-state index contributed by atoms with van der Waals surface area (Å²) in [6, 6.07) is 7.69. The summed E-state index contributed by atoms with van der Waals surface area (Å²) in [5.74, 6) is 4.14. The highest BCUT2D eigenvalue weighted by Crippen LogP contribution is 2.22. The Kier molecular flexibility index (Phi) is 8.34. The summed E-state index contributed by atoms with van der Waals surface area (Å²) in [7, 11) is 3.42. The summed E-state index contributed by atoms with van der Waals surface area (Å²) in [6.07, 6.45) is 2.06. The number of benzene rings is 1. The van der Waals surface area contributed by atoms with Gasteiger partial charge in [-0.15, -0.1) is 24.0 Å². The zero-order valence-electron chi connectivity index (χ0n) is 16.8. The molecule has 0 amide bonds. The first-order chi connectivity index (χ1) is 13.1. The molecular weight excluding hydrogens is 471 g/mol. The number of aryl methyl sites for hydroxylation is 2. The molecule has 28 heavy (non-hydrogen) atoms. The monoisotopic (exact) mass is 500 g/mol. The fourth-order valence-electron chi connectivity index (χ4n) is 3.13. The van der Waals surface area contributed by atoms with E-state index < -0.39 is 0 Å². The number of fused-ring (bicyclic) bond motifs is 1. The minimum atomic E-state index is -0.0193. The Morgan fingerprint density at radius 2 is 2.04 bits per heavy atom. The molecule has 1 aromatic carbocycles. The van der Waals surface area contributed by atoms with Crippen LogP contribution in [-0.2, 0) is 6.54 Å². The van der Waals surface area contributed by atoms with Crippen LogP contribution in [0.2, 0.25) is 0 Å². The summed E-state index contributed by atoms with van der Waals surface area (Å²) in [5, 5.41) is 11.2. The average molecular weight is 500 g/mol. The van der Waals surface area contributed by atoms with Crippen LogP contribution in [0.3, 0.4) is 0 Å². The minimum absolute atomic E-state index is 0. The number of nitrogens with zero attached hydrogens (tertiary/aromatic N) is 4. The number of aromatic nitrogens is 3. The van der Waals surface area contributed by atoms with Crippen LogP contribution in [0, 0.1) is 6.92 Å². The van der Waals surface area contributed by atoms with E-state index in [1.807, 2.05) is 42.8 Å². The normalized spacial score (nSPS) is 17.1. The number of hydrogen-bond donors (Lipinski definition) is 2. The van der Waals surface area contributed by atoms with Gasteiger partial charge in [0.1, 0.15) is 29.3 Å². The van der Waals surface area contributed by atoms with Gasteiger partial charge in [-0.25, -0.2) is 9.67 Å². The molecule has 2 unspecified atom stereocenters. The molecule has 1 aliphatic heterocycles. The van der Waals surface area contributed by atoms with Crippen molar-refractivity contribution in [1.29, 1.82) is 0 Å². The molecule has 2 heterocycles. The van der Waals surface area contributed by atoms with Crippen molar-refractivity contribution >= 4 is 29.9 Å². The van der Waals surface area contributed by atoms with Gasteiger partial charge in [-0.2, -0.15) is 5.10 Å². The first-order valence-electron chi connectivity index (χ1n) is 9.28. The average Bonchev–Trinajstić information content (AvgIpc) is 3.06.